The standard InChI is InChI=1S/C12H27O4P.K/c13-11-9-7-5-3-1-2-4-6-8-10-12-17(14,15)16;/h13H,1-12H2,(H2,14,15,16);/q;+1/p-1. The predicted octanol–water partition coefficient (Wildman–Crippen LogP) is -0.571. The third-order valence-electron chi connectivity index (χ3n) is 2.85. The first-order valence-corrected chi connectivity index (χ1v) is 8.46. The van der Waals surface area contributed by atoms with Gasteiger partial charge >= 0.3 is 51.4 Å². The van der Waals surface area contributed by atoms with Crippen molar-refractivity contribution in [3.63, 3.8) is 0 Å². The summed E-state index contributed by atoms with van der Waals surface area (Å²) in [6.45, 7) is 0.300. The smallest absolute Gasteiger partial charge is 0.779 e. The molecule has 0 aliphatic carbocycles. The fraction of sp³-hybridized carbons (Fsp3) is 1.00. The van der Waals surface area contributed by atoms with Gasteiger partial charge in [-0.3, -0.25) is 0 Å². The van der Waals surface area contributed by atoms with Gasteiger partial charge in [-0.15, -0.1) is 0 Å². The van der Waals surface area contributed by atoms with E-state index in [2.05, 4.69) is 0 Å². The second-order valence-electron chi connectivity index (χ2n) is 4.62. The molecule has 104 valence electrons. The molecule has 0 aromatic rings. The second kappa shape index (κ2) is 15.1. The minimum Gasteiger partial charge on any atom is -0.779 e. The van der Waals surface area contributed by atoms with Gasteiger partial charge in [-0.2, -0.15) is 0 Å². The molecule has 0 aromatic carbocycles. The van der Waals surface area contributed by atoms with Crippen molar-refractivity contribution in [1.29, 1.82) is 0 Å². The Labute approximate surface area is 154 Å². The van der Waals surface area contributed by atoms with Gasteiger partial charge in [-0.25, -0.2) is 0 Å². The molecular weight excluding hydrogens is 278 g/mol. The maximum atomic E-state index is 10.5. The zero-order chi connectivity index (χ0) is 13.0. The van der Waals surface area contributed by atoms with Gasteiger partial charge in [-0.1, -0.05) is 51.4 Å². The van der Waals surface area contributed by atoms with E-state index in [0.717, 1.165) is 32.1 Å². The summed E-state index contributed by atoms with van der Waals surface area (Å²) < 4.78 is 10.5. The van der Waals surface area contributed by atoms with Crippen LogP contribution >= 0.6 is 7.60 Å². The Bertz CT molecular complexity index is 208. The summed E-state index contributed by atoms with van der Waals surface area (Å²) in [5.41, 5.74) is 0. The van der Waals surface area contributed by atoms with Crippen molar-refractivity contribution in [3.05, 3.63) is 0 Å². The van der Waals surface area contributed by atoms with Gasteiger partial charge in [0.1, 0.15) is 7.60 Å². The summed E-state index contributed by atoms with van der Waals surface area (Å²) in [6.07, 6.45) is 10.5. The summed E-state index contributed by atoms with van der Waals surface area (Å²) in [5.74, 6) is 0. The third kappa shape index (κ3) is 20.1. The average molecular weight is 304 g/mol. The van der Waals surface area contributed by atoms with Gasteiger partial charge < -0.3 is 19.5 Å². The Balaban J connectivity index is 0. The van der Waals surface area contributed by atoms with Crippen LogP contribution < -0.4 is 56.3 Å². The third-order valence-corrected chi connectivity index (χ3v) is 3.73. The Kier molecular flexibility index (Phi) is 18.5. The molecule has 1 atom stereocenters. The summed E-state index contributed by atoms with van der Waals surface area (Å²) in [6, 6.07) is 0. The molecule has 0 saturated heterocycles. The number of hydrogen-bond donors (Lipinski definition) is 2. The van der Waals surface area contributed by atoms with Crippen LogP contribution in [0.2, 0.25) is 0 Å². The molecule has 0 spiro atoms. The Morgan fingerprint density at radius 2 is 1.11 bits per heavy atom. The molecule has 0 bridgehead atoms. The van der Waals surface area contributed by atoms with Gasteiger partial charge in [0.25, 0.3) is 0 Å². The van der Waals surface area contributed by atoms with Crippen molar-refractivity contribution >= 4 is 7.60 Å². The van der Waals surface area contributed by atoms with Crippen molar-refractivity contribution in [3.8, 4) is 0 Å². The Morgan fingerprint density at radius 3 is 1.44 bits per heavy atom. The molecule has 4 nitrogen and oxygen atoms in total. The molecular formula is C12H26KO4P. The summed E-state index contributed by atoms with van der Waals surface area (Å²) in [7, 11) is -4.01. The van der Waals surface area contributed by atoms with Crippen molar-refractivity contribution < 1.29 is 70.8 Å². The topological polar surface area (TPSA) is 80.6 Å². The fourth-order valence-corrected chi connectivity index (χ4v) is 2.46. The van der Waals surface area contributed by atoms with Crippen LogP contribution in [0.15, 0.2) is 0 Å². The number of aliphatic hydroxyl groups is 1. The van der Waals surface area contributed by atoms with E-state index in [4.69, 9.17) is 10.00 Å². The quantitative estimate of drug-likeness (QED) is 0.287. The maximum absolute atomic E-state index is 10.5. The van der Waals surface area contributed by atoms with E-state index in [-0.39, 0.29) is 57.5 Å². The molecule has 0 fully saturated rings. The molecule has 6 heteroatoms. The molecule has 0 saturated carbocycles. The van der Waals surface area contributed by atoms with E-state index in [1.165, 1.54) is 25.7 Å². The van der Waals surface area contributed by atoms with Gasteiger partial charge in [0.15, 0.2) is 0 Å². The zero-order valence-corrected chi connectivity index (χ0v) is 15.7. The van der Waals surface area contributed by atoms with E-state index >= 15 is 0 Å². The first-order chi connectivity index (χ1) is 8.06. The van der Waals surface area contributed by atoms with Crippen molar-refractivity contribution in [2.24, 2.45) is 0 Å². The molecule has 0 radical (unpaired) electrons. The maximum Gasteiger partial charge on any atom is 1.00 e. The minimum atomic E-state index is -4.01. The zero-order valence-electron chi connectivity index (χ0n) is 11.6. The molecule has 1 unspecified atom stereocenters. The second-order valence-corrected chi connectivity index (χ2v) is 6.34. The normalized spacial score (nSPS) is 13.9. The average Bonchev–Trinajstić information content (AvgIpc) is 2.24. The molecule has 0 aromatic heterocycles. The fourth-order valence-electron chi connectivity index (χ4n) is 1.84. The van der Waals surface area contributed by atoms with Gasteiger partial charge in [0.05, 0.1) is 0 Å². The molecule has 18 heavy (non-hydrogen) atoms. The van der Waals surface area contributed by atoms with E-state index in [0.29, 0.717) is 13.0 Å². The van der Waals surface area contributed by atoms with Crippen LogP contribution in [0.25, 0.3) is 0 Å². The molecule has 0 aliphatic rings. The number of hydrogen-bond acceptors (Lipinski definition) is 3. The number of rotatable bonds is 12. The minimum absolute atomic E-state index is 0. The van der Waals surface area contributed by atoms with Crippen molar-refractivity contribution in [2.75, 3.05) is 12.8 Å². The largest absolute Gasteiger partial charge is 1.00 e. The van der Waals surface area contributed by atoms with Crippen LogP contribution in [-0.2, 0) is 4.57 Å². The summed E-state index contributed by atoms with van der Waals surface area (Å²) in [4.78, 5) is 19.0. The van der Waals surface area contributed by atoms with Crippen molar-refractivity contribution in [1.82, 2.24) is 0 Å². The summed E-state index contributed by atoms with van der Waals surface area (Å²) >= 11 is 0. The molecule has 0 amide bonds. The first kappa shape index (κ1) is 22.0. The molecule has 0 aliphatic heterocycles. The number of aliphatic hydroxyl groups excluding tert-OH is 1. The van der Waals surface area contributed by atoms with Crippen LogP contribution in [0, 0.1) is 0 Å². The Morgan fingerprint density at radius 1 is 0.778 bits per heavy atom. The molecule has 2 N–H and O–H groups in total. The SMILES string of the molecule is O=P([O-])(O)CCCCCCCCCCCCO.[K+]. The number of unbranched alkanes of at least 4 members (excludes halogenated alkanes) is 9. The van der Waals surface area contributed by atoms with Crippen LogP contribution in [-0.4, -0.2) is 22.8 Å². The molecule has 0 heterocycles. The van der Waals surface area contributed by atoms with Gasteiger partial charge in [-0.05, 0) is 12.8 Å². The predicted molar refractivity (Wildman–Crippen MR) is 67.9 cm³/mol. The van der Waals surface area contributed by atoms with E-state index in [9.17, 15) is 9.46 Å². The Hall–Kier alpha value is 1.75. The molecule has 0 rings (SSSR count). The van der Waals surface area contributed by atoms with Crippen molar-refractivity contribution in [2.45, 2.75) is 64.2 Å². The van der Waals surface area contributed by atoms with Crippen LogP contribution in [0.5, 0.6) is 0 Å². The van der Waals surface area contributed by atoms with Gasteiger partial charge in [0, 0.05) is 12.8 Å². The summed E-state index contributed by atoms with van der Waals surface area (Å²) in [5, 5.41) is 8.59. The first-order valence-electron chi connectivity index (χ1n) is 6.70. The van der Waals surface area contributed by atoms with Gasteiger partial charge in [0.2, 0.25) is 0 Å². The van der Waals surface area contributed by atoms with E-state index in [1.807, 2.05) is 0 Å². The monoisotopic (exact) mass is 304 g/mol. The van der Waals surface area contributed by atoms with E-state index in [1.54, 1.807) is 0 Å². The van der Waals surface area contributed by atoms with E-state index < -0.39 is 7.60 Å². The van der Waals surface area contributed by atoms with Crippen LogP contribution in [0.4, 0.5) is 0 Å². The van der Waals surface area contributed by atoms with Crippen LogP contribution in [0.3, 0.4) is 0 Å². The van der Waals surface area contributed by atoms with Crippen LogP contribution in [0.1, 0.15) is 64.2 Å².